The molecular formula is C15H19BrN2O4. The summed E-state index contributed by atoms with van der Waals surface area (Å²) >= 11 is 3.25. The zero-order valence-electron chi connectivity index (χ0n) is 12.5. The SMILES string of the molecule is CCCNC(=O)[C@H](C)NC(=O)COC(=O)c1cccc(Br)c1. The molecule has 22 heavy (non-hydrogen) atoms. The van der Waals surface area contributed by atoms with Crippen LogP contribution in [0.15, 0.2) is 28.7 Å². The number of carbonyl (C=O) groups is 3. The van der Waals surface area contributed by atoms with Crippen molar-refractivity contribution in [1.29, 1.82) is 0 Å². The lowest BCUT2D eigenvalue weighted by molar-refractivity contribution is -0.130. The highest BCUT2D eigenvalue weighted by molar-refractivity contribution is 9.10. The van der Waals surface area contributed by atoms with E-state index in [1.807, 2.05) is 6.92 Å². The fourth-order valence-electron chi connectivity index (χ4n) is 1.58. The largest absolute Gasteiger partial charge is 0.452 e. The lowest BCUT2D eigenvalue weighted by Gasteiger charge is -2.13. The summed E-state index contributed by atoms with van der Waals surface area (Å²) in [6.45, 7) is 3.62. The predicted octanol–water partition coefficient (Wildman–Crippen LogP) is 1.64. The quantitative estimate of drug-likeness (QED) is 0.714. The first-order chi connectivity index (χ1) is 10.4. The molecule has 120 valence electrons. The molecule has 1 rings (SSSR count). The number of ether oxygens (including phenoxy) is 1. The molecule has 0 spiro atoms. The summed E-state index contributed by atoms with van der Waals surface area (Å²) in [7, 11) is 0. The van der Waals surface area contributed by atoms with Crippen molar-refractivity contribution in [3.05, 3.63) is 34.3 Å². The van der Waals surface area contributed by atoms with Crippen molar-refractivity contribution in [3.63, 3.8) is 0 Å². The van der Waals surface area contributed by atoms with Gasteiger partial charge in [0, 0.05) is 11.0 Å². The van der Waals surface area contributed by atoms with Gasteiger partial charge in [0.15, 0.2) is 6.61 Å². The molecule has 7 heteroatoms. The van der Waals surface area contributed by atoms with Crippen LogP contribution < -0.4 is 10.6 Å². The smallest absolute Gasteiger partial charge is 0.338 e. The topological polar surface area (TPSA) is 84.5 Å². The molecule has 0 heterocycles. The van der Waals surface area contributed by atoms with Gasteiger partial charge < -0.3 is 15.4 Å². The Bertz CT molecular complexity index is 548. The van der Waals surface area contributed by atoms with Gasteiger partial charge in [-0.15, -0.1) is 0 Å². The van der Waals surface area contributed by atoms with Crippen molar-refractivity contribution in [3.8, 4) is 0 Å². The highest BCUT2D eigenvalue weighted by atomic mass is 79.9. The van der Waals surface area contributed by atoms with Gasteiger partial charge in [0.2, 0.25) is 5.91 Å². The number of amides is 2. The summed E-state index contributed by atoms with van der Waals surface area (Å²) in [6, 6.07) is 5.98. The molecule has 0 unspecified atom stereocenters. The summed E-state index contributed by atoms with van der Waals surface area (Å²) in [6.07, 6.45) is 0.816. The number of hydrogen-bond donors (Lipinski definition) is 2. The second kappa shape index (κ2) is 9.19. The Labute approximate surface area is 137 Å². The van der Waals surface area contributed by atoms with Gasteiger partial charge in [-0.1, -0.05) is 28.9 Å². The van der Waals surface area contributed by atoms with E-state index in [0.717, 1.165) is 10.9 Å². The van der Waals surface area contributed by atoms with Gasteiger partial charge in [-0.25, -0.2) is 4.79 Å². The Hall–Kier alpha value is -1.89. The van der Waals surface area contributed by atoms with Crippen molar-refractivity contribution < 1.29 is 19.1 Å². The molecule has 0 aliphatic rings. The van der Waals surface area contributed by atoms with E-state index >= 15 is 0 Å². The molecule has 0 aromatic heterocycles. The van der Waals surface area contributed by atoms with Crippen LogP contribution in [-0.4, -0.2) is 37.0 Å². The van der Waals surface area contributed by atoms with E-state index < -0.39 is 24.5 Å². The maximum absolute atomic E-state index is 11.8. The molecule has 2 N–H and O–H groups in total. The predicted molar refractivity (Wildman–Crippen MR) is 85.3 cm³/mol. The molecule has 0 aliphatic heterocycles. The average molecular weight is 371 g/mol. The third-order valence-corrected chi connectivity index (χ3v) is 3.21. The van der Waals surface area contributed by atoms with Gasteiger partial charge in [0.25, 0.3) is 5.91 Å². The van der Waals surface area contributed by atoms with Gasteiger partial charge in [0.1, 0.15) is 6.04 Å². The Balaban J connectivity index is 2.39. The van der Waals surface area contributed by atoms with Crippen LogP contribution in [0.5, 0.6) is 0 Å². The van der Waals surface area contributed by atoms with Crippen LogP contribution in [-0.2, 0) is 14.3 Å². The molecule has 2 amide bonds. The van der Waals surface area contributed by atoms with Gasteiger partial charge in [0.05, 0.1) is 5.56 Å². The van der Waals surface area contributed by atoms with E-state index in [1.54, 1.807) is 31.2 Å². The summed E-state index contributed by atoms with van der Waals surface area (Å²) < 4.78 is 5.65. The molecule has 0 fully saturated rings. The maximum Gasteiger partial charge on any atom is 0.338 e. The summed E-state index contributed by atoms with van der Waals surface area (Å²) in [5.41, 5.74) is 0.343. The van der Waals surface area contributed by atoms with E-state index in [4.69, 9.17) is 4.74 Å². The van der Waals surface area contributed by atoms with Crippen molar-refractivity contribution in [2.45, 2.75) is 26.3 Å². The number of carbonyl (C=O) groups excluding carboxylic acids is 3. The molecule has 1 atom stereocenters. The lowest BCUT2D eigenvalue weighted by atomic mass is 10.2. The van der Waals surface area contributed by atoms with Crippen LogP contribution in [0.3, 0.4) is 0 Å². The van der Waals surface area contributed by atoms with Crippen LogP contribution in [0.2, 0.25) is 0 Å². The second-order valence-electron chi connectivity index (χ2n) is 4.67. The monoisotopic (exact) mass is 370 g/mol. The van der Waals surface area contributed by atoms with Gasteiger partial charge in [-0.3, -0.25) is 9.59 Å². The van der Waals surface area contributed by atoms with E-state index in [1.165, 1.54) is 0 Å². The van der Waals surface area contributed by atoms with Crippen molar-refractivity contribution in [2.75, 3.05) is 13.2 Å². The average Bonchev–Trinajstić information content (AvgIpc) is 2.50. The Morgan fingerprint density at radius 2 is 2.05 bits per heavy atom. The molecule has 0 saturated carbocycles. The number of nitrogens with one attached hydrogen (secondary N) is 2. The zero-order chi connectivity index (χ0) is 16.5. The van der Waals surface area contributed by atoms with Crippen LogP contribution in [0.25, 0.3) is 0 Å². The number of hydrogen-bond acceptors (Lipinski definition) is 4. The lowest BCUT2D eigenvalue weighted by Crippen LogP contribution is -2.46. The fourth-order valence-corrected chi connectivity index (χ4v) is 1.98. The first-order valence-electron chi connectivity index (χ1n) is 6.93. The van der Waals surface area contributed by atoms with E-state index in [0.29, 0.717) is 12.1 Å². The second-order valence-corrected chi connectivity index (χ2v) is 5.58. The van der Waals surface area contributed by atoms with E-state index in [-0.39, 0.29) is 5.91 Å². The number of esters is 1. The zero-order valence-corrected chi connectivity index (χ0v) is 14.1. The minimum Gasteiger partial charge on any atom is -0.452 e. The Morgan fingerprint density at radius 1 is 1.32 bits per heavy atom. The molecule has 1 aromatic rings. The molecule has 6 nitrogen and oxygen atoms in total. The summed E-state index contributed by atoms with van der Waals surface area (Å²) in [5, 5.41) is 5.14. The van der Waals surface area contributed by atoms with Crippen LogP contribution in [0.4, 0.5) is 0 Å². The Kier molecular flexibility index (Phi) is 7.59. The molecule has 0 aliphatic carbocycles. The van der Waals surface area contributed by atoms with Gasteiger partial charge >= 0.3 is 5.97 Å². The van der Waals surface area contributed by atoms with Gasteiger partial charge in [-0.05, 0) is 31.5 Å². The third kappa shape index (κ3) is 6.26. The Morgan fingerprint density at radius 3 is 2.68 bits per heavy atom. The first kappa shape index (κ1) is 18.2. The minimum atomic E-state index is -0.677. The normalized spacial score (nSPS) is 11.4. The molecule has 0 radical (unpaired) electrons. The highest BCUT2D eigenvalue weighted by Gasteiger charge is 2.16. The van der Waals surface area contributed by atoms with Crippen molar-refractivity contribution in [2.24, 2.45) is 0 Å². The van der Waals surface area contributed by atoms with Crippen molar-refractivity contribution >= 4 is 33.7 Å². The fraction of sp³-hybridized carbons (Fsp3) is 0.400. The summed E-state index contributed by atoms with van der Waals surface area (Å²) in [4.78, 5) is 35.0. The molecule has 0 bridgehead atoms. The van der Waals surface area contributed by atoms with Gasteiger partial charge in [-0.2, -0.15) is 0 Å². The highest BCUT2D eigenvalue weighted by Crippen LogP contribution is 2.12. The first-order valence-corrected chi connectivity index (χ1v) is 7.73. The number of halogens is 1. The molecule has 0 saturated heterocycles. The third-order valence-electron chi connectivity index (χ3n) is 2.71. The minimum absolute atomic E-state index is 0.270. The number of rotatable bonds is 7. The van der Waals surface area contributed by atoms with Crippen LogP contribution >= 0.6 is 15.9 Å². The van der Waals surface area contributed by atoms with Crippen molar-refractivity contribution in [1.82, 2.24) is 10.6 Å². The van der Waals surface area contributed by atoms with Crippen LogP contribution in [0, 0.1) is 0 Å². The summed E-state index contributed by atoms with van der Waals surface area (Å²) in [5.74, 6) is -1.39. The molecule has 1 aromatic carbocycles. The molecular weight excluding hydrogens is 352 g/mol. The maximum atomic E-state index is 11.8. The van der Waals surface area contributed by atoms with E-state index in [2.05, 4.69) is 26.6 Å². The van der Waals surface area contributed by atoms with E-state index in [9.17, 15) is 14.4 Å². The standard InChI is InChI=1S/C15H19BrN2O4/c1-3-7-17-14(20)10(2)18-13(19)9-22-15(21)11-5-4-6-12(16)8-11/h4-6,8,10H,3,7,9H2,1-2H3,(H,17,20)(H,18,19)/t10-/m0/s1. The number of benzene rings is 1. The van der Waals surface area contributed by atoms with Crippen LogP contribution in [0.1, 0.15) is 30.6 Å².